The largest absolute Gasteiger partial charge is 0.340 e. The normalized spacial score (nSPS) is 33.4. The molecule has 3 N–H and O–H groups in total. The summed E-state index contributed by atoms with van der Waals surface area (Å²) in [6.45, 7) is 0. The van der Waals surface area contributed by atoms with Gasteiger partial charge in [0.1, 0.15) is 5.16 Å². The van der Waals surface area contributed by atoms with Gasteiger partial charge in [-0.05, 0) is 0 Å². The smallest absolute Gasteiger partial charge is 0.201 e. The molecule has 0 fully saturated rings. The van der Waals surface area contributed by atoms with Crippen LogP contribution in [-0.2, 0) is 0 Å². The highest BCUT2D eigenvalue weighted by atomic mass is 35.5. The molecule has 50 valence electrons. The number of hydrogen-bond donors (Lipinski definition) is 2. The van der Waals surface area contributed by atoms with E-state index >= 15 is 0 Å². The van der Waals surface area contributed by atoms with Crippen LogP contribution in [0.4, 0.5) is 0 Å². The van der Waals surface area contributed by atoms with E-state index in [9.17, 15) is 0 Å². The molecule has 1 aliphatic heterocycles. The molecule has 0 aliphatic carbocycles. The van der Waals surface area contributed by atoms with E-state index in [1.54, 1.807) is 0 Å². The standard InChI is InChI=1S/C4H5Cl2N3/c5-3-1-8-2-4(6,7)9-3/h1-2,9H,7H2. The number of nitrogens with two attached hydrogens (primary N) is 1. The number of rotatable bonds is 0. The highest BCUT2D eigenvalue weighted by Crippen LogP contribution is 2.10. The first-order chi connectivity index (χ1) is 4.10. The van der Waals surface area contributed by atoms with Crippen LogP contribution in [0.15, 0.2) is 16.3 Å². The first kappa shape index (κ1) is 6.86. The molecule has 0 aromatic rings. The van der Waals surface area contributed by atoms with Crippen LogP contribution >= 0.6 is 23.2 Å². The quantitative estimate of drug-likeness (QED) is 0.407. The van der Waals surface area contributed by atoms with Crippen LogP contribution in [0.1, 0.15) is 0 Å². The van der Waals surface area contributed by atoms with Crippen LogP contribution in [-0.4, -0.2) is 11.3 Å². The fraction of sp³-hybridized carbons (Fsp3) is 0.250. The van der Waals surface area contributed by atoms with Gasteiger partial charge in [0, 0.05) is 0 Å². The van der Waals surface area contributed by atoms with Crippen molar-refractivity contribution in [3.8, 4) is 0 Å². The molecule has 0 amide bonds. The third-order valence-corrected chi connectivity index (χ3v) is 1.15. The summed E-state index contributed by atoms with van der Waals surface area (Å²) in [5.41, 5.74) is 5.35. The fourth-order valence-corrected chi connectivity index (χ4v) is 0.878. The minimum Gasteiger partial charge on any atom is -0.340 e. The molecular weight excluding hydrogens is 161 g/mol. The third kappa shape index (κ3) is 1.86. The lowest BCUT2D eigenvalue weighted by molar-refractivity contribution is 0.689. The van der Waals surface area contributed by atoms with E-state index in [4.69, 9.17) is 28.9 Å². The van der Waals surface area contributed by atoms with Gasteiger partial charge >= 0.3 is 0 Å². The zero-order chi connectivity index (χ0) is 6.91. The van der Waals surface area contributed by atoms with Crippen molar-refractivity contribution < 1.29 is 0 Å². The van der Waals surface area contributed by atoms with E-state index < -0.39 is 5.12 Å². The Morgan fingerprint density at radius 1 is 1.78 bits per heavy atom. The molecule has 1 unspecified atom stereocenters. The van der Waals surface area contributed by atoms with E-state index in [1.165, 1.54) is 12.4 Å². The van der Waals surface area contributed by atoms with Crippen LogP contribution in [0.3, 0.4) is 0 Å². The van der Waals surface area contributed by atoms with Crippen LogP contribution in [0.5, 0.6) is 0 Å². The maximum atomic E-state index is 5.56. The predicted molar refractivity (Wildman–Crippen MR) is 38.3 cm³/mol. The summed E-state index contributed by atoms with van der Waals surface area (Å²) in [6, 6.07) is 0. The van der Waals surface area contributed by atoms with Crippen molar-refractivity contribution in [3.63, 3.8) is 0 Å². The number of halogens is 2. The molecule has 1 atom stereocenters. The Balaban J connectivity index is 2.73. The number of nitrogens with zero attached hydrogens (tertiary/aromatic N) is 1. The molecular formula is C4H5Cl2N3. The summed E-state index contributed by atoms with van der Waals surface area (Å²) in [7, 11) is 0. The zero-order valence-corrected chi connectivity index (χ0v) is 5.95. The average Bonchev–Trinajstić information content (AvgIpc) is 1.60. The molecule has 0 saturated carbocycles. The lowest BCUT2D eigenvalue weighted by Crippen LogP contribution is -2.49. The maximum Gasteiger partial charge on any atom is 0.201 e. The molecule has 3 nitrogen and oxygen atoms in total. The summed E-state index contributed by atoms with van der Waals surface area (Å²) in [4.78, 5) is 3.67. The third-order valence-electron chi connectivity index (χ3n) is 0.761. The van der Waals surface area contributed by atoms with E-state index in [2.05, 4.69) is 10.3 Å². The molecule has 1 heterocycles. The molecule has 0 spiro atoms. The van der Waals surface area contributed by atoms with E-state index in [0.717, 1.165) is 0 Å². The van der Waals surface area contributed by atoms with Crippen molar-refractivity contribution in [2.45, 2.75) is 5.12 Å². The second kappa shape index (κ2) is 2.17. The minimum absolute atomic E-state index is 0.343. The van der Waals surface area contributed by atoms with Crippen molar-refractivity contribution >= 4 is 29.4 Å². The number of aliphatic imine (C=N–C) groups is 1. The van der Waals surface area contributed by atoms with Gasteiger partial charge < -0.3 is 5.32 Å². The Morgan fingerprint density at radius 3 is 2.78 bits per heavy atom. The van der Waals surface area contributed by atoms with Crippen molar-refractivity contribution in [2.75, 3.05) is 0 Å². The van der Waals surface area contributed by atoms with Crippen LogP contribution in [0.2, 0.25) is 0 Å². The predicted octanol–water partition coefficient (Wildman–Crippen LogP) is 0.549. The molecule has 0 radical (unpaired) electrons. The summed E-state index contributed by atoms with van der Waals surface area (Å²) in [6.07, 6.45) is 2.79. The lowest BCUT2D eigenvalue weighted by Gasteiger charge is -2.20. The summed E-state index contributed by atoms with van der Waals surface area (Å²) < 4.78 is 0. The first-order valence-corrected chi connectivity index (χ1v) is 3.02. The van der Waals surface area contributed by atoms with Gasteiger partial charge in [-0.3, -0.25) is 10.7 Å². The Hall–Kier alpha value is -0.250. The van der Waals surface area contributed by atoms with Gasteiger partial charge in [-0.25, -0.2) is 0 Å². The highest BCUT2D eigenvalue weighted by molar-refractivity contribution is 6.34. The zero-order valence-electron chi connectivity index (χ0n) is 4.44. The van der Waals surface area contributed by atoms with Gasteiger partial charge in [0.2, 0.25) is 5.12 Å². The fourth-order valence-electron chi connectivity index (χ4n) is 0.459. The van der Waals surface area contributed by atoms with Gasteiger partial charge in [0.25, 0.3) is 0 Å². The highest BCUT2D eigenvalue weighted by Gasteiger charge is 2.20. The Kier molecular flexibility index (Phi) is 1.66. The Bertz CT molecular complexity index is 173. The molecule has 0 saturated heterocycles. The second-order valence-electron chi connectivity index (χ2n) is 1.65. The topological polar surface area (TPSA) is 50.4 Å². The molecule has 5 heteroatoms. The van der Waals surface area contributed by atoms with Gasteiger partial charge in [0.05, 0.1) is 12.4 Å². The van der Waals surface area contributed by atoms with Crippen LogP contribution in [0, 0.1) is 0 Å². The Labute approximate surface area is 62.5 Å². The van der Waals surface area contributed by atoms with Gasteiger partial charge in [0.15, 0.2) is 0 Å². The summed E-state index contributed by atoms with van der Waals surface area (Å²) in [5.74, 6) is 0. The second-order valence-corrected chi connectivity index (χ2v) is 2.68. The number of hydrogen-bond acceptors (Lipinski definition) is 3. The molecule has 0 aromatic heterocycles. The van der Waals surface area contributed by atoms with Crippen molar-refractivity contribution in [2.24, 2.45) is 10.7 Å². The van der Waals surface area contributed by atoms with Gasteiger partial charge in [-0.2, -0.15) is 0 Å². The maximum absolute atomic E-state index is 5.56. The SMILES string of the molecule is NC1(Cl)C=NC=C(Cl)N1. The molecule has 0 bridgehead atoms. The van der Waals surface area contributed by atoms with Gasteiger partial charge in [-0.15, -0.1) is 0 Å². The van der Waals surface area contributed by atoms with E-state index in [-0.39, 0.29) is 0 Å². The Morgan fingerprint density at radius 2 is 2.44 bits per heavy atom. The summed E-state index contributed by atoms with van der Waals surface area (Å²) in [5, 5.41) is 1.80. The average molecular weight is 166 g/mol. The molecule has 0 aromatic carbocycles. The lowest BCUT2D eigenvalue weighted by atomic mass is 10.5. The number of alkyl halides is 1. The van der Waals surface area contributed by atoms with Crippen LogP contribution < -0.4 is 11.1 Å². The van der Waals surface area contributed by atoms with E-state index in [1.807, 2.05) is 0 Å². The monoisotopic (exact) mass is 165 g/mol. The molecule has 1 aliphatic rings. The summed E-state index contributed by atoms with van der Waals surface area (Å²) >= 11 is 11.0. The van der Waals surface area contributed by atoms with Crippen molar-refractivity contribution in [3.05, 3.63) is 11.4 Å². The van der Waals surface area contributed by atoms with Crippen LogP contribution in [0.25, 0.3) is 0 Å². The first-order valence-electron chi connectivity index (χ1n) is 2.26. The number of nitrogens with one attached hydrogen (secondary N) is 1. The van der Waals surface area contributed by atoms with E-state index in [0.29, 0.717) is 5.16 Å². The van der Waals surface area contributed by atoms with Gasteiger partial charge in [-0.1, -0.05) is 23.2 Å². The molecule has 1 rings (SSSR count). The van der Waals surface area contributed by atoms with Crippen molar-refractivity contribution in [1.82, 2.24) is 5.32 Å². The van der Waals surface area contributed by atoms with Crippen molar-refractivity contribution in [1.29, 1.82) is 0 Å². The molecule has 9 heavy (non-hydrogen) atoms. The minimum atomic E-state index is -1.12.